The Morgan fingerprint density at radius 2 is 1.78 bits per heavy atom. The number of nitrogens with zero attached hydrogens (tertiary/aromatic N) is 1. The van der Waals surface area contributed by atoms with Gasteiger partial charge in [-0.25, -0.2) is 0 Å². The Bertz CT molecular complexity index is 831. The molecule has 8 heteroatoms. The molecule has 142 valence electrons. The second-order valence-corrected chi connectivity index (χ2v) is 6.09. The van der Waals surface area contributed by atoms with Crippen LogP contribution in [0.15, 0.2) is 48.5 Å². The summed E-state index contributed by atoms with van der Waals surface area (Å²) in [6.07, 6.45) is -3.47. The molecule has 2 aromatic carbocycles. The van der Waals surface area contributed by atoms with Crippen molar-refractivity contribution in [1.82, 2.24) is 4.90 Å². The van der Waals surface area contributed by atoms with Crippen molar-refractivity contribution in [3.8, 4) is 5.75 Å². The van der Waals surface area contributed by atoms with Gasteiger partial charge in [-0.3, -0.25) is 9.59 Å². The van der Waals surface area contributed by atoms with E-state index in [2.05, 4.69) is 5.32 Å². The summed E-state index contributed by atoms with van der Waals surface area (Å²) < 4.78 is 43.3. The van der Waals surface area contributed by atoms with Crippen LogP contribution in [0, 0.1) is 0 Å². The molecule has 0 spiro atoms. The molecule has 1 saturated heterocycles. The van der Waals surface area contributed by atoms with E-state index in [1.54, 1.807) is 29.2 Å². The third-order valence-corrected chi connectivity index (χ3v) is 4.09. The highest BCUT2D eigenvalue weighted by molar-refractivity contribution is 5.95. The van der Waals surface area contributed by atoms with Gasteiger partial charge in [0.2, 0.25) is 0 Å². The van der Waals surface area contributed by atoms with Crippen LogP contribution < -0.4 is 10.1 Å². The topological polar surface area (TPSA) is 58.6 Å². The minimum absolute atomic E-state index is 0.0360. The average Bonchev–Trinajstić information content (AvgIpc) is 2.58. The first kappa shape index (κ1) is 18.8. The molecule has 0 aromatic heterocycles. The fraction of sp³-hybridized carbons (Fsp3) is 0.263. The summed E-state index contributed by atoms with van der Waals surface area (Å²) in [4.78, 5) is 25.7. The molecule has 2 amide bonds. The normalized spacial score (nSPS) is 13.7. The lowest BCUT2D eigenvalue weighted by Gasteiger charge is -2.30. The number of hydrogen-bond acceptors (Lipinski definition) is 3. The highest BCUT2D eigenvalue weighted by Gasteiger charge is 2.30. The number of benzene rings is 2. The molecule has 1 N–H and O–H groups in total. The Kier molecular flexibility index (Phi) is 5.34. The van der Waals surface area contributed by atoms with Crippen molar-refractivity contribution in [2.75, 3.05) is 25.0 Å². The van der Waals surface area contributed by atoms with Crippen molar-refractivity contribution in [3.05, 3.63) is 59.7 Å². The second kappa shape index (κ2) is 7.69. The van der Waals surface area contributed by atoms with Gasteiger partial charge in [-0.1, -0.05) is 6.07 Å². The van der Waals surface area contributed by atoms with Gasteiger partial charge in [0, 0.05) is 24.3 Å². The molecule has 0 unspecified atom stereocenters. The number of amides is 2. The first-order valence-electron chi connectivity index (χ1n) is 8.32. The minimum atomic E-state index is -4.48. The zero-order valence-electron chi connectivity index (χ0n) is 14.3. The van der Waals surface area contributed by atoms with Crippen LogP contribution in [-0.4, -0.2) is 36.4 Å². The van der Waals surface area contributed by atoms with E-state index in [1.165, 1.54) is 12.1 Å². The lowest BCUT2D eigenvalue weighted by molar-refractivity contribution is -0.137. The van der Waals surface area contributed by atoms with Gasteiger partial charge >= 0.3 is 6.18 Å². The largest absolute Gasteiger partial charge is 0.484 e. The molecule has 2 aromatic rings. The summed E-state index contributed by atoms with van der Waals surface area (Å²) in [5.74, 6) is -0.250. The fourth-order valence-corrected chi connectivity index (χ4v) is 2.51. The third-order valence-electron chi connectivity index (χ3n) is 4.09. The molecule has 0 atom stereocenters. The van der Waals surface area contributed by atoms with Crippen molar-refractivity contribution in [2.45, 2.75) is 12.6 Å². The maximum Gasteiger partial charge on any atom is 0.416 e. The molecule has 27 heavy (non-hydrogen) atoms. The lowest BCUT2D eigenvalue weighted by Crippen LogP contribution is -2.41. The lowest BCUT2D eigenvalue weighted by atomic mass is 10.1. The van der Waals surface area contributed by atoms with Crippen LogP contribution in [0.1, 0.15) is 22.3 Å². The van der Waals surface area contributed by atoms with Crippen LogP contribution in [0.5, 0.6) is 5.75 Å². The number of anilines is 1. The Morgan fingerprint density at radius 1 is 1.07 bits per heavy atom. The van der Waals surface area contributed by atoms with E-state index >= 15 is 0 Å². The van der Waals surface area contributed by atoms with E-state index in [4.69, 9.17) is 4.74 Å². The minimum Gasteiger partial charge on any atom is -0.484 e. The molecule has 0 radical (unpaired) electrons. The molecule has 1 aliphatic rings. The van der Waals surface area contributed by atoms with Crippen LogP contribution in [0.25, 0.3) is 0 Å². The molecule has 3 rings (SSSR count). The molecule has 0 bridgehead atoms. The van der Waals surface area contributed by atoms with Crippen LogP contribution >= 0.6 is 0 Å². The van der Waals surface area contributed by atoms with Crippen LogP contribution in [0.3, 0.4) is 0 Å². The average molecular weight is 378 g/mol. The second-order valence-electron chi connectivity index (χ2n) is 6.09. The van der Waals surface area contributed by atoms with Gasteiger partial charge < -0.3 is 15.0 Å². The summed E-state index contributed by atoms with van der Waals surface area (Å²) in [5.41, 5.74) is -0.270. The van der Waals surface area contributed by atoms with E-state index < -0.39 is 17.6 Å². The standard InChI is InChI=1S/C19H17F3N2O3/c20-19(21,22)14-3-1-4-15(11-14)23-17(25)12-27-16-7-5-13(6-8-16)18(26)24-9-2-10-24/h1,3-8,11H,2,9-10,12H2,(H,23,25). The maximum absolute atomic E-state index is 12.7. The van der Waals surface area contributed by atoms with Crippen molar-refractivity contribution in [2.24, 2.45) is 0 Å². The molecule has 0 saturated carbocycles. The highest BCUT2D eigenvalue weighted by atomic mass is 19.4. The number of hydrogen-bond donors (Lipinski definition) is 1. The van der Waals surface area contributed by atoms with Gasteiger partial charge in [0.1, 0.15) is 5.75 Å². The molecular weight excluding hydrogens is 361 g/mol. The summed E-state index contributed by atoms with van der Waals surface area (Å²) in [7, 11) is 0. The maximum atomic E-state index is 12.7. The van der Waals surface area contributed by atoms with E-state index in [0.717, 1.165) is 31.6 Å². The zero-order chi connectivity index (χ0) is 19.4. The molecule has 1 heterocycles. The smallest absolute Gasteiger partial charge is 0.416 e. The number of nitrogens with one attached hydrogen (secondary N) is 1. The molecule has 5 nitrogen and oxygen atoms in total. The van der Waals surface area contributed by atoms with E-state index in [9.17, 15) is 22.8 Å². The van der Waals surface area contributed by atoms with E-state index in [-0.39, 0.29) is 18.2 Å². The van der Waals surface area contributed by atoms with E-state index in [0.29, 0.717) is 11.3 Å². The number of carbonyl (C=O) groups is 2. The predicted molar refractivity (Wildman–Crippen MR) is 92.5 cm³/mol. The number of halogens is 3. The summed E-state index contributed by atoms with van der Waals surface area (Å²) >= 11 is 0. The molecule has 0 aliphatic carbocycles. The SMILES string of the molecule is O=C(COc1ccc(C(=O)N2CCC2)cc1)Nc1cccc(C(F)(F)F)c1. The van der Waals surface area contributed by atoms with Gasteiger partial charge in [0.15, 0.2) is 6.61 Å². The highest BCUT2D eigenvalue weighted by Crippen LogP contribution is 2.30. The van der Waals surface area contributed by atoms with Gasteiger partial charge in [-0.15, -0.1) is 0 Å². The molecular formula is C19H17F3N2O3. The first-order valence-corrected chi connectivity index (χ1v) is 8.32. The third kappa shape index (κ3) is 4.78. The van der Waals surface area contributed by atoms with Gasteiger partial charge in [0.05, 0.1) is 5.56 Å². The Labute approximate surface area is 153 Å². The van der Waals surface area contributed by atoms with Crippen molar-refractivity contribution in [1.29, 1.82) is 0 Å². The Hall–Kier alpha value is -3.03. The van der Waals surface area contributed by atoms with Crippen LogP contribution in [-0.2, 0) is 11.0 Å². The number of alkyl halides is 3. The number of rotatable bonds is 5. The Morgan fingerprint density at radius 3 is 2.37 bits per heavy atom. The van der Waals surface area contributed by atoms with Gasteiger partial charge in [-0.2, -0.15) is 13.2 Å². The monoisotopic (exact) mass is 378 g/mol. The molecule has 1 aliphatic heterocycles. The first-order chi connectivity index (χ1) is 12.8. The Balaban J connectivity index is 1.52. The quantitative estimate of drug-likeness (QED) is 0.865. The fourth-order valence-electron chi connectivity index (χ4n) is 2.51. The predicted octanol–water partition coefficient (Wildman–Crippen LogP) is 3.57. The molecule has 1 fully saturated rings. The number of carbonyl (C=O) groups excluding carboxylic acids is 2. The summed E-state index contributed by atoms with van der Waals surface area (Å²) in [6.45, 7) is 1.15. The zero-order valence-corrected chi connectivity index (χ0v) is 14.3. The summed E-state index contributed by atoms with van der Waals surface area (Å²) in [6, 6.07) is 10.7. The van der Waals surface area contributed by atoms with Gasteiger partial charge in [0.25, 0.3) is 11.8 Å². The van der Waals surface area contributed by atoms with Crippen molar-refractivity contribution < 1.29 is 27.5 Å². The number of ether oxygens (including phenoxy) is 1. The van der Waals surface area contributed by atoms with E-state index in [1.807, 2.05) is 0 Å². The van der Waals surface area contributed by atoms with Crippen LogP contribution in [0.4, 0.5) is 18.9 Å². The summed E-state index contributed by atoms with van der Waals surface area (Å²) in [5, 5.41) is 2.36. The number of likely N-dealkylation sites (tertiary alicyclic amines) is 1. The van der Waals surface area contributed by atoms with Gasteiger partial charge in [-0.05, 0) is 48.9 Å². The van der Waals surface area contributed by atoms with Crippen molar-refractivity contribution >= 4 is 17.5 Å². The van der Waals surface area contributed by atoms with Crippen LogP contribution in [0.2, 0.25) is 0 Å². The van der Waals surface area contributed by atoms with Crippen molar-refractivity contribution in [3.63, 3.8) is 0 Å².